The molecule has 2 N–H and O–H groups in total. The Balaban J connectivity index is 0. The van der Waals surface area contributed by atoms with Crippen molar-refractivity contribution in [2.24, 2.45) is 11.7 Å². The van der Waals surface area contributed by atoms with E-state index in [9.17, 15) is 4.79 Å². The Morgan fingerprint density at radius 1 is 1.60 bits per heavy atom. The monoisotopic (exact) mass is 217 g/mol. The van der Waals surface area contributed by atoms with Gasteiger partial charge in [-0.3, -0.25) is 6.29 Å². The van der Waals surface area contributed by atoms with Crippen molar-refractivity contribution < 1.29 is 37.5 Å². The summed E-state index contributed by atoms with van der Waals surface area (Å²) in [5.41, 5.74) is 5.62. The van der Waals surface area contributed by atoms with Gasteiger partial charge in [-0.15, -0.1) is 6.42 Å². The molecule has 0 amide bonds. The molecule has 0 aliphatic rings. The van der Waals surface area contributed by atoms with Gasteiger partial charge in [0, 0.05) is 38.8 Å². The maximum Gasteiger partial charge on any atom is 0.00396 e. The van der Waals surface area contributed by atoms with E-state index in [0.717, 1.165) is 6.42 Å². The largest absolute Gasteiger partial charge is 0.542 e. The van der Waals surface area contributed by atoms with E-state index < -0.39 is 0 Å². The summed E-state index contributed by atoms with van der Waals surface area (Å²) in [7, 11) is 0. The summed E-state index contributed by atoms with van der Waals surface area (Å²) in [5, 5.41) is 0. The third kappa shape index (κ3) is 5.51. The summed E-state index contributed by atoms with van der Waals surface area (Å²) in [5.74, 6) is 0.285. The Bertz CT molecular complexity index is 87.7. The molecule has 0 bridgehead atoms. The minimum Gasteiger partial charge on any atom is -0.542 e. The van der Waals surface area contributed by atoms with Crippen molar-refractivity contribution in [3.8, 4) is 0 Å². The molecule has 3 heteroatoms. The van der Waals surface area contributed by atoms with Gasteiger partial charge in [0.1, 0.15) is 0 Å². The maximum atomic E-state index is 9.86. The van der Waals surface area contributed by atoms with Crippen LogP contribution in [0.2, 0.25) is 0 Å². The van der Waals surface area contributed by atoms with Gasteiger partial charge in [-0.2, -0.15) is 0 Å². The van der Waals surface area contributed by atoms with Gasteiger partial charge >= 0.3 is 0 Å². The van der Waals surface area contributed by atoms with Gasteiger partial charge in [-0.1, -0.05) is 19.8 Å². The molecule has 0 aliphatic carbocycles. The molecule has 0 spiro atoms. The fourth-order valence-electron chi connectivity index (χ4n) is 0.685. The van der Waals surface area contributed by atoms with E-state index >= 15 is 0 Å². The first-order valence-corrected chi connectivity index (χ1v) is 3.33. The molecule has 2 unspecified atom stereocenters. The summed E-state index contributed by atoms with van der Waals surface area (Å²) < 4.78 is 0. The zero-order valence-electron chi connectivity index (χ0n) is 6.63. The summed E-state index contributed by atoms with van der Waals surface area (Å²) >= 11 is 0. The minimum atomic E-state index is 0. The van der Waals surface area contributed by atoms with Crippen LogP contribution in [-0.2, 0) is 37.5 Å². The van der Waals surface area contributed by atoms with Crippen LogP contribution in [0.15, 0.2) is 0 Å². The number of carbonyl (C=O) groups excluding carboxylic acids is 1. The second-order valence-electron chi connectivity index (χ2n) is 2.40. The van der Waals surface area contributed by atoms with E-state index in [1.54, 1.807) is 0 Å². The fraction of sp³-hybridized carbons (Fsp3) is 0.857. The van der Waals surface area contributed by atoms with Crippen molar-refractivity contribution in [3.05, 3.63) is 0 Å². The summed E-state index contributed by atoms with van der Waals surface area (Å²) in [6.45, 7) is 3.99. The van der Waals surface area contributed by atoms with Crippen LogP contribution in [0.25, 0.3) is 0 Å². The molecule has 1 radical (unpaired) electrons. The van der Waals surface area contributed by atoms with Crippen molar-refractivity contribution in [2.45, 2.75) is 32.7 Å². The number of nitrogens with two attached hydrogens (primary N) is 1. The van der Waals surface area contributed by atoms with Gasteiger partial charge in [0.2, 0.25) is 0 Å². The van der Waals surface area contributed by atoms with E-state index in [-0.39, 0.29) is 44.7 Å². The van der Waals surface area contributed by atoms with Crippen molar-refractivity contribution in [2.75, 3.05) is 0 Å². The van der Waals surface area contributed by atoms with E-state index in [1.165, 1.54) is 0 Å². The molecule has 0 saturated heterocycles. The van der Waals surface area contributed by atoms with Gasteiger partial charge in [0.15, 0.2) is 0 Å². The van der Waals surface area contributed by atoms with Crippen LogP contribution < -0.4 is 5.73 Å². The zero-order valence-corrected chi connectivity index (χ0v) is 9.47. The summed E-state index contributed by atoms with van der Waals surface area (Å²) in [6, 6.07) is 0.159. The molecule has 0 aromatic heterocycles. The van der Waals surface area contributed by atoms with Crippen molar-refractivity contribution >= 4 is 6.29 Å². The molecule has 57 valence electrons. The molecule has 0 heterocycles. The third-order valence-corrected chi connectivity index (χ3v) is 1.61. The molecule has 0 saturated carbocycles. The minimum absolute atomic E-state index is 0. The predicted octanol–water partition coefficient (Wildman–Crippen LogP) is 0.857. The molecule has 10 heavy (non-hydrogen) atoms. The average Bonchev–Trinajstić information content (AvgIpc) is 1.87. The molecule has 2 atom stereocenters. The van der Waals surface area contributed by atoms with Gasteiger partial charge in [0.05, 0.1) is 0 Å². The standard InChI is InChI=1S/C7H14NO.Y/c1-3-7(8)6(2)4-5-9;/h6-7H,3-4,8H2,1-2H3;/q-1;. The molecule has 0 rings (SSSR count). The van der Waals surface area contributed by atoms with E-state index in [4.69, 9.17) is 5.73 Å². The van der Waals surface area contributed by atoms with Gasteiger partial charge in [-0.05, 0) is 6.42 Å². The Hall–Kier alpha value is 0.734. The van der Waals surface area contributed by atoms with Crippen molar-refractivity contribution in [1.82, 2.24) is 0 Å². The van der Waals surface area contributed by atoms with Crippen LogP contribution in [0.4, 0.5) is 0 Å². The van der Waals surface area contributed by atoms with E-state index in [2.05, 4.69) is 0 Å². The predicted molar refractivity (Wildman–Crippen MR) is 37.7 cm³/mol. The van der Waals surface area contributed by atoms with Gasteiger partial charge < -0.3 is 10.5 Å². The Labute approximate surface area is 87.8 Å². The van der Waals surface area contributed by atoms with E-state index in [0.29, 0.717) is 6.42 Å². The van der Waals surface area contributed by atoms with Crippen LogP contribution >= 0.6 is 0 Å². The Morgan fingerprint density at radius 2 is 2.10 bits per heavy atom. The first-order valence-electron chi connectivity index (χ1n) is 3.33. The van der Waals surface area contributed by atoms with Crippen LogP contribution in [0.1, 0.15) is 26.7 Å². The Kier molecular flexibility index (Phi) is 10.4. The SMILES string of the molecule is CCC(N)C(C)C[C-]=O.[Y]. The molecule has 0 aromatic carbocycles. The first kappa shape index (κ1) is 13.3. The van der Waals surface area contributed by atoms with Gasteiger partial charge in [-0.25, -0.2) is 0 Å². The molecule has 0 fully saturated rings. The number of rotatable bonds is 4. The molecular formula is C7H14NOY-. The Morgan fingerprint density at radius 3 is 2.40 bits per heavy atom. The van der Waals surface area contributed by atoms with E-state index in [1.807, 2.05) is 20.1 Å². The first-order chi connectivity index (χ1) is 4.22. The quantitative estimate of drug-likeness (QED) is 0.709. The summed E-state index contributed by atoms with van der Waals surface area (Å²) in [6.07, 6.45) is 3.25. The van der Waals surface area contributed by atoms with Crippen LogP contribution in [0.5, 0.6) is 0 Å². The second-order valence-corrected chi connectivity index (χ2v) is 2.40. The van der Waals surface area contributed by atoms with Crippen molar-refractivity contribution in [3.63, 3.8) is 0 Å². The normalized spacial score (nSPS) is 15.1. The van der Waals surface area contributed by atoms with Crippen LogP contribution in [0.3, 0.4) is 0 Å². The number of hydrogen-bond donors (Lipinski definition) is 1. The number of hydrogen-bond acceptors (Lipinski definition) is 2. The second kappa shape index (κ2) is 7.84. The maximum absolute atomic E-state index is 9.86. The molecular weight excluding hydrogens is 203 g/mol. The zero-order chi connectivity index (χ0) is 7.28. The summed E-state index contributed by atoms with van der Waals surface area (Å²) in [4.78, 5) is 9.86. The molecule has 0 aliphatic heterocycles. The van der Waals surface area contributed by atoms with Crippen molar-refractivity contribution in [1.29, 1.82) is 0 Å². The molecule has 0 aromatic rings. The fourth-order valence-corrected chi connectivity index (χ4v) is 0.685. The van der Waals surface area contributed by atoms with Crippen LogP contribution in [-0.4, -0.2) is 12.3 Å². The third-order valence-electron chi connectivity index (χ3n) is 1.61. The smallest absolute Gasteiger partial charge is 0.00396 e. The van der Waals surface area contributed by atoms with Gasteiger partial charge in [0.25, 0.3) is 0 Å². The molecule has 2 nitrogen and oxygen atoms in total. The average molecular weight is 217 g/mol. The van der Waals surface area contributed by atoms with Crippen LogP contribution in [0, 0.1) is 5.92 Å². The topological polar surface area (TPSA) is 43.1 Å².